The first-order valence-corrected chi connectivity index (χ1v) is 6.78. The van der Waals surface area contributed by atoms with Gasteiger partial charge in [0.25, 0.3) is 0 Å². The first-order chi connectivity index (χ1) is 8.29. The Morgan fingerprint density at radius 2 is 2.47 bits per heavy atom. The van der Waals surface area contributed by atoms with Crippen LogP contribution in [0.15, 0.2) is 40.4 Å². The fourth-order valence-corrected chi connectivity index (χ4v) is 2.76. The number of nitrogens with one attached hydrogen (secondary N) is 1. The monoisotopic (exact) mass is 265 g/mol. The Bertz CT molecular complexity index is 465. The molecule has 1 aromatic rings. The van der Waals surface area contributed by atoms with E-state index in [0.29, 0.717) is 11.6 Å². The summed E-state index contributed by atoms with van der Waals surface area (Å²) in [5.41, 5.74) is 0. The highest BCUT2D eigenvalue weighted by Gasteiger charge is 2.28. The second-order valence-electron chi connectivity index (χ2n) is 3.29. The summed E-state index contributed by atoms with van der Waals surface area (Å²) in [6.07, 6.45) is 4.05. The Kier molecular flexibility index (Phi) is 4.11. The molecule has 1 aliphatic rings. The third-order valence-corrected chi connectivity index (χ3v) is 3.94. The molecule has 1 saturated heterocycles. The third kappa shape index (κ3) is 3.28. The molecule has 1 fully saturated rings. The molecule has 6 heteroatoms. The van der Waals surface area contributed by atoms with E-state index in [9.17, 15) is 4.79 Å². The lowest BCUT2D eigenvalue weighted by atomic mass is 10.3. The number of thioether (sulfide) groups is 1. The molecule has 2 rings (SSSR count). The number of hydrogen-bond acceptors (Lipinski definition) is 5. The summed E-state index contributed by atoms with van der Waals surface area (Å²) in [5.74, 6) is -0.0278. The van der Waals surface area contributed by atoms with E-state index >= 15 is 0 Å². The van der Waals surface area contributed by atoms with Crippen molar-refractivity contribution in [3.63, 3.8) is 0 Å². The lowest BCUT2D eigenvalue weighted by Gasteiger charge is -1.96. The van der Waals surface area contributed by atoms with Gasteiger partial charge in [0.05, 0.1) is 11.5 Å². The Balaban J connectivity index is 1.95. The van der Waals surface area contributed by atoms with Crippen molar-refractivity contribution in [1.29, 1.82) is 0 Å². The van der Waals surface area contributed by atoms with E-state index in [1.807, 2.05) is 17.5 Å². The highest BCUT2D eigenvalue weighted by atomic mass is 32.2. The minimum absolute atomic E-state index is 0.0278. The van der Waals surface area contributed by atoms with Gasteiger partial charge in [-0.1, -0.05) is 23.9 Å². The minimum Gasteiger partial charge on any atom is -0.303 e. The van der Waals surface area contributed by atoms with Crippen LogP contribution in [-0.2, 0) is 4.79 Å². The molecule has 4 nitrogen and oxygen atoms in total. The zero-order valence-corrected chi connectivity index (χ0v) is 10.6. The summed E-state index contributed by atoms with van der Waals surface area (Å²) < 4.78 is 0. The molecule has 0 bridgehead atoms. The number of carbonyl (C=O) groups excluding carboxylic acids is 1. The van der Waals surface area contributed by atoms with Crippen molar-refractivity contribution < 1.29 is 4.79 Å². The molecule has 1 aromatic heterocycles. The molecule has 88 valence electrons. The van der Waals surface area contributed by atoms with E-state index in [1.54, 1.807) is 23.6 Å². The molecule has 0 saturated carbocycles. The number of nitrogens with zero attached hydrogens (tertiary/aromatic N) is 2. The van der Waals surface area contributed by atoms with E-state index in [0.717, 1.165) is 4.88 Å². The molecule has 1 atom stereocenters. The van der Waals surface area contributed by atoms with E-state index in [1.165, 1.54) is 11.8 Å². The number of amidine groups is 1. The number of carbonyl (C=O) groups is 1. The second-order valence-corrected chi connectivity index (χ2v) is 5.46. The van der Waals surface area contributed by atoms with Crippen LogP contribution in [-0.4, -0.2) is 22.5 Å². The summed E-state index contributed by atoms with van der Waals surface area (Å²) in [6.45, 7) is 3.62. The van der Waals surface area contributed by atoms with E-state index < -0.39 is 0 Å². The van der Waals surface area contributed by atoms with Crippen LogP contribution in [0.5, 0.6) is 0 Å². The van der Waals surface area contributed by atoms with Crippen LogP contribution in [0, 0.1) is 0 Å². The third-order valence-electron chi connectivity index (χ3n) is 2.03. The molecular formula is C11H11N3OS2. The van der Waals surface area contributed by atoms with Crippen LogP contribution in [0.1, 0.15) is 11.3 Å². The van der Waals surface area contributed by atoms with Crippen LogP contribution in [0.25, 0.3) is 0 Å². The van der Waals surface area contributed by atoms with Gasteiger partial charge in [0.2, 0.25) is 5.91 Å². The van der Waals surface area contributed by atoms with Gasteiger partial charge in [-0.2, -0.15) is 5.10 Å². The predicted molar refractivity (Wildman–Crippen MR) is 73.7 cm³/mol. The number of hydrogen-bond donors (Lipinski definition) is 1. The van der Waals surface area contributed by atoms with Crippen molar-refractivity contribution in [3.05, 3.63) is 35.0 Å². The quantitative estimate of drug-likeness (QED) is 0.516. The molecule has 0 spiro atoms. The van der Waals surface area contributed by atoms with Gasteiger partial charge in [0.15, 0.2) is 5.17 Å². The predicted octanol–water partition coefficient (Wildman–Crippen LogP) is 2.25. The van der Waals surface area contributed by atoms with Crippen molar-refractivity contribution in [2.45, 2.75) is 11.7 Å². The maximum Gasteiger partial charge on any atom is 0.239 e. The van der Waals surface area contributed by atoms with Gasteiger partial charge in [-0.05, 0) is 17.9 Å². The van der Waals surface area contributed by atoms with Gasteiger partial charge in [0.1, 0.15) is 0 Å². The summed E-state index contributed by atoms with van der Waals surface area (Å²) in [5, 5.41) is 13.0. The molecule has 0 unspecified atom stereocenters. The standard InChI is InChI=1S/C11H11N3OS2/c1-2-4-9-10(15)13-11(17-9)14-12-7-8-5-3-6-16-8/h2-3,5-7,9H,1,4H2,(H,13,14,15)/b12-7-/t9-/m1/s1. The van der Waals surface area contributed by atoms with Crippen molar-refractivity contribution in [3.8, 4) is 0 Å². The van der Waals surface area contributed by atoms with Crippen LogP contribution in [0.2, 0.25) is 0 Å². The summed E-state index contributed by atoms with van der Waals surface area (Å²) in [6, 6.07) is 3.90. The number of thiophene rings is 1. The largest absolute Gasteiger partial charge is 0.303 e. The fourth-order valence-electron chi connectivity index (χ4n) is 1.26. The van der Waals surface area contributed by atoms with Gasteiger partial charge < -0.3 is 5.32 Å². The normalized spacial score (nSPS) is 22.2. The highest BCUT2D eigenvalue weighted by Crippen LogP contribution is 2.22. The zero-order chi connectivity index (χ0) is 12.1. The van der Waals surface area contributed by atoms with E-state index in [-0.39, 0.29) is 11.2 Å². The smallest absolute Gasteiger partial charge is 0.239 e. The molecule has 2 heterocycles. The number of amides is 1. The van der Waals surface area contributed by atoms with Gasteiger partial charge in [-0.15, -0.1) is 23.0 Å². The summed E-state index contributed by atoms with van der Waals surface area (Å²) in [4.78, 5) is 12.5. The van der Waals surface area contributed by atoms with Gasteiger partial charge in [0, 0.05) is 4.88 Å². The maximum atomic E-state index is 11.5. The van der Waals surface area contributed by atoms with E-state index in [4.69, 9.17) is 0 Å². The molecule has 1 N–H and O–H groups in total. The minimum atomic E-state index is -0.122. The summed E-state index contributed by atoms with van der Waals surface area (Å²) in [7, 11) is 0. The van der Waals surface area contributed by atoms with Crippen molar-refractivity contribution in [2.75, 3.05) is 0 Å². The van der Waals surface area contributed by atoms with Crippen molar-refractivity contribution in [1.82, 2.24) is 5.32 Å². The second kappa shape index (κ2) is 5.79. The average molecular weight is 265 g/mol. The molecule has 1 aliphatic heterocycles. The fraction of sp³-hybridized carbons (Fsp3) is 0.182. The van der Waals surface area contributed by atoms with Crippen LogP contribution >= 0.6 is 23.1 Å². The van der Waals surface area contributed by atoms with Crippen LogP contribution in [0.4, 0.5) is 0 Å². The molecule has 0 aliphatic carbocycles. The summed E-state index contributed by atoms with van der Waals surface area (Å²) >= 11 is 2.98. The Hall–Kier alpha value is -1.40. The van der Waals surface area contributed by atoms with E-state index in [2.05, 4.69) is 22.1 Å². The molecule has 0 radical (unpaired) electrons. The van der Waals surface area contributed by atoms with Gasteiger partial charge >= 0.3 is 0 Å². The number of allylic oxidation sites excluding steroid dienone is 1. The lowest BCUT2D eigenvalue weighted by molar-refractivity contribution is -0.118. The van der Waals surface area contributed by atoms with Crippen LogP contribution < -0.4 is 5.32 Å². The Labute approximate surface area is 108 Å². The molecule has 1 amide bonds. The topological polar surface area (TPSA) is 53.8 Å². The maximum absolute atomic E-state index is 11.5. The van der Waals surface area contributed by atoms with Gasteiger partial charge in [-0.25, -0.2) is 0 Å². The first kappa shape index (κ1) is 12.1. The molecule has 0 aromatic carbocycles. The molecular weight excluding hydrogens is 254 g/mol. The lowest BCUT2D eigenvalue weighted by Crippen LogP contribution is -2.24. The highest BCUT2D eigenvalue weighted by molar-refractivity contribution is 8.15. The Morgan fingerprint density at radius 1 is 1.59 bits per heavy atom. The first-order valence-electron chi connectivity index (χ1n) is 5.02. The molecule has 17 heavy (non-hydrogen) atoms. The van der Waals surface area contributed by atoms with Gasteiger partial charge in [-0.3, -0.25) is 4.79 Å². The van der Waals surface area contributed by atoms with Crippen molar-refractivity contribution in [2.24, 2.45) is 10.2 Å². The number of rotatable bonds is 4. The van der Waals surface area contributed by atoms with Crippen molar-refractivity contribution >= 4 is 40.4 Å². The average Bonchev–Trinajstić information content (AvgIpc) is 2.91. The Morgan fingerprint density at radius 3 is 3.18 bits per heavy atom. The zero-order valence-electron chi connectivity index (χ0n) is 9.00. The SMILES string of the molecule is C=CC[C@H]1S/C(=N\N=C/c2cccs2)NC1=O. The van der Waals surface area contributed by atoms with Crippen LogP contribution in [0.3, 0.4) is 0 Å².